The summed E-state index contributed by atoms with van der Waals surface area (Å²) in [7, 11) is -3.66. The van der Waals surface area contributed by atoms with E-state index < -0.39 is 9.84 Å². The van der Waals surface area contributed by atoms with E-state index in [9.17, 15) is 13.2 Å². The van der Waals surface area contributed by atoms with Gasteiger partial charge < -0.3 is 16.0 Å². The first-order valence-electron chi connectivity index (χ1n) is 10.1. The van der Waals surface area contributed by atoms with Crippen LogP contribution in [0.15, 0.2) is 41.7 Å². The fourth-order valence-electron chi connectivity index (χ4n) is 2.88. The third-order valence-electron chi connectivity index (χ3n) is 4.28. The number of nitrogens with one attached hydrogen (secondary N) is 3. The second-order valence-electron chi connectivity index (χ2n) is 7.39. The van der Waals surface area contributed by atoms with Gasteiger partial charge in [0.2, 0.25) is 15.0 Å². The molecule has 0 aliphatic rings. The van der Waals surface area contributed by atoms with Gasteiger partial charge in [0.25, 0.3) is 0 Å². The highest BCUT2D eigenvalue weighted by Crippen LogP contribution is 2.32. The fraction of sp³-hybridized carbons (Fsp3) is 0.333. The third-order valence-corrected chi connectivity index (χ3v) is 6.07. The van der Waals surface area contributed by atoms with Crippen LogP contribution in [0.4, 0.5) is 9.93 Å². The van der Waals surface area contributed by atoms with Crippen LogP contribution in [0.3, 0.4) is 0 Å². The van der Waals surface area contributed by atoms with Crippen LogP contribution in [-0.2, 0) is 16.4 Å². The molecule has 0 atom stereocenters. The van der Waals surface area contributed by atoms with Crippen LogP contribution in [0.2, 0.25) is 0 Å². The van der Waals surface area contributed by atoms with E-state index in [-0.39, 0.29) is 23.8 Å². The molecule has 3 rings (SSSR count). The first kappa shape index (κ1) is 23.6. The highest BCUT2D eigenvalue weighted by Gasteiger charge is 2.19. The maximum atomic E-state index is 12.3. The van der Waals surface area contributed by atoms with Crippen LogP contribution < -0.4 is 16.0 Å². The SMILES string of the molecule is CCNC(=O)NCc1ccccc1-c1cc(-c2cnc(NC(C)C)s2)nc(S(C)(=O)=O)n1. The average Bonchev–Trinajstić information content (AvgIpc) is 3.19. The van der Waals surface area contributed by atoms with Crippen molar-refractivity contribution in [1.82, 2.24) is 25.6 Å². The van der Waals surface area contributed by atoms with Gasteiger partial charge in [-0.1, -0.05) is 35.6 Å². The van der Waals surface area contributed by atoms with E-state index >= 15 is 0 Å². The van der Waals surface area contributed by atoms with Crippen molar-refractivity contribution in [3.63, 3.8) is 0 Å². The highest BCUT2D eigenvalue weighted by molar-refractivity contribution is 7.90. The zero-order chi connectivity index (χ0) is 23.3. The van der Waals surface area contributed by atoms with Crippen molar-refractivity contribution < 1.29 is 13.2 Å². The summed E-state index contributed by atoms with van der Waals surface area (Å²) in [6.07, 6.45) is 2.74. The molecular formula is C21H26N6O3S2. The van der Waals surface area contributed by atoms with Crippen LogP contribution in [-0.4, -0.2) is 48.2 Å². The Hall–Kier alpha value is -3.05. The molecule has 2 aromatic heterocycles. The zero-order valence-electron chi connectivity index (χ0n) is 18.3. The van der Waals surface area contributed by atoms with Crippen LogP contribution in [0.5, 0.6) is 0 Å². The summed E-state index contributed by atoms with van der Waals surface area (Å²) in [6, 6.07) is 9.07. The van der Waals surface area contributed by atoms with Crippen molar-refractivity contribution in [1.29, 1.82) is 0 Å². The van der Waals surface area contributed by atoms with E-state index in [1.165, 1.54) is 11.3 Å². The lowest BCUT2D eigenvalue weighted by Crippen LogP contribution is -2.34. The van der Waals surface area contributed by atoms with Gasteiger partial charge in [0.1, 0.15) is 0 Å². The smallest absolute Gasteiger partial charge is 0.315 e. The molecule has 9 nitrogen and oxygen atoms in total. The van der Waals surface area contributed by atoms with Crippen molar-refractivity contribution in [2.75, 3.05) is 18.1 Å². The topological polar surface area (TPSA) is 126 Å². The second-order valence-corrected chi connectivity index (χ2v) is 10.3. The quantitative estimate of drug-likeness (QED) is 0.428. The van der Waals surface area contributed by atoms with Crippen molar-refractivity contribution in [2.24, 2.45) is 0 Å². The lowest BCUT2D eigenvalue weighted by molar-refractivity contribution is 0.241. The molecule has 32 heavy (non-hydrogen) atoms. The monoisotopic (exact) mass is 474 g/mol. The minimum absolute atomic E-state index is 0.214. The van der Waals surface area contributed by atoms with E-state index in [1.807, 2.05) is 45.0 Å². The highest BCUT2D eigenvalue weighted by atomic mass is 32.2. The minimum atomic E-state index is -3.66. The van der Waals surface area contributed by atoms with E-state index in [0.717, 1.165) is 21.8 Å². The molecule has 3 aromatic rings. The van der Waals surface area contributed by atoms with Crippen molar-refractivity contribution in [2.45, 2.75) is 38.5 Å². The molecule has 0 aliphatic heterocycles. The van der Waals surface area contributed by atoms with Crippen molar-refractivity contribution in [3.8, 4) is 21.8 Å². The normalized spacial score (nSPS) is 11.4. The molecule has 0 spiro atoms. The number of urea groups is 1. The Kier molecular flexibility index (Phi) is 7.41. The summed E-state index contributed by atoms with van der Waals surface area (Å²) in [5, 5.41) is 9.17. The maximum absolute atomic E-state index is 12.3. The maximum Gasteiger partial charge on any atom is 0.315 e. The largest absolute Gasteiger partial charge is 0.359 e. The molecule has 2 amide bonds. The predicted octanol–water partition coefficient (Wildman–Crippen LogP) is 3.31. The van der Waals surface area contributed by atoms with E-state index in [4.69, 9.17) is 0 Å². The van der Waals surface area contributed by atoms with E-state index in [0.29, 0.717) is 23.5 Å². The molecule has 0 saturated carbocycles. The van der Waals surface area contributed by atoms with Gasteiger partial charge in [0.05, 0.1) is 16.3 Å². The zero-order valence-corrected chi connectivity index (χ0v) is 20.0. The minimum Gasteiger partial charge on any atom is -0.359 e. The molecule has 1 aromatic carbocycles. The molecule has 2 heterocycles. The van der Waals surface area contributed by atoms with Gasteiger partial charge in [-0.3, -0.25) is 0 Å². The number of amides is 2. The second kappa shape index (κ2) is 10.0. The molecule has 0 bridgehead atoms. The Balaban J connectivity index is 2.05. The summed E-state index contributed by atoms with van der Waals surface area (Å²) in [4.78, 5) is 25.5. The molecule has 3 N–H and O–H groups in total. The Morgan fingerprint density at radius 3 is 2.53 bits per heavy atom. The Morgan fingerprint density at radius 2 is 1.84 bits per heavy atom. The fourth-order valence-corrected chi connectivity index (χ4v) is 4.34. The summed E-state index contributed by atoms with van der Waals surface area (Å²) in [5.41, 5.74) is 2.43. The van der Waals surface area contributed by atoms with E-state index in [2.05, 4.69) is 30.9 Å². The van der Waals surface area contributed by atoms with Crippen LogP contribution in [0.1, 0.15) is 26.3 Å². The van der Waals surface area contributed by atoms with Gasteiger partial charge in [-0.05, 0) is 32.4 Å². The van der Waals surface area contributed by atoms with Gasteiger partial charge in [-0.2, -0.15) is 0 Å². The number of rotatable bonds is 8. The summed E-state index contributed by atoms with van der Waals surface area (Å²) in [6.45, 7) is 6.64. The standard InChI is InChI=1S/C21H26N6O3S2/c1-5-22-19(28)23-11-14-8-6-7-9-15(14)16-10-17(27-21(26-16)32(4,29)30)18-12-24-20(31-18)25-13(2)3/h6-10,12-13H,5,11H2,1-4H3,(H,24,25)(H2,22,23,28). The Labute approximate surface area is 191 Å². The third kappa shape index (κ3) is 6.01. The lowest BCUT2D eigenvalue weighted by Gasteiger charge is -2.12. The molecule has 170 valence electrons. The number of sulfone groups is 1. The lowest BCUT2D eigenvalue weighted by atomic mass is 10.0. The van der Waals surface area contributed by atoms with Gasteiger partial charge in [-0.15, -0.1) is 0 Å². The number of aromatic nitrogens is 3. The first-order valence-corrected chi connectivity index (χ1v) is 12.8. The van der Waals surface area contributed by atoms with Crippen LogP contribution in [0.25, 0.3) is 21.8 Å². The molecule has 0 radical (unpaired) electrons. The number of nitrogens with zero attached hydrogens (tertiary/aromatic N) is 3. The van der Waals surface area contributed by atoms with Crippen LogP contribution in [0, 0.1) is 0 Å². The van der Waals surface area contributed by atoms with Gasteiger partial charge >= 0.3 is 6.03 Å². The molecular weight excluding hydrogens is 448 g/mol. The predicted molar refractivity (Wildman–Crippen MR) is 126 cm³/mol. The number of hydrogen-bond donors (Lipinski definition) is 3. The van der Waals surface area contributed by atoms with Crippen molar-refractivity contribution >= 4 is 32.3 Å². The number of carbonyl (C=O) groups is 1. The number of anilines is 1. The van der Waals surface area contributed by atoms with Gasteiger partial charge in [0, 0.05) is 37.1 Å². The van der Waals surface area contributed by atoms with Gasteiger partial charge in [-0.25, -0.2) is 28.2 Å². The first-order chi connectivity index (χ1) is 15.2. The van der Waals surface area contributed by atoms with Gasteiger partial charge in [0.15, 0.2) is 5.13 Å². The Bertz CT molecular complexity index is 1210. The number of carbonyl (C=O) groups excluding carboxylic acids is 1. The van der Waals surface area contributed by atoms with Crippen LogP contribution >= 0.6 is 11.3 Å². The summed E-state index contributed by atoms with van der Waals surface area (Å²) in [5.74, 6) is 0. The molecule has 0 fully saturated rings. The average molecular weight is 475 g/mol. The summed E-state index contributed by atoms with van der Waals surface area (Å²) < 4.78 is 24.6. The molecule has 0 unspecified atom stereocenters. The molecule has 0 saturated heterocycles. The Morgan fingerprint density at radius 1 is 1.12 bits per heavy atom. The number of benzene rings is 1. The summed E-state index contributed by atoms with van der Waals surface area (Å²) >= 11 is 1.39. The number of thiazole rings is 1. The van der Waals surface area contributed by atoms with Crippen molar-refractivity contribution in [3.05, 3.63) is 42.1 Å². The molecule has 0 aliphatic carbocycles. The number of hydrogen-bond acceptors (Lipinski definition) is 8. The molecule has 11 heteroatoms. The van der Waals surface area contributed by atoms with E-state index in [1.54, 1.807) is 12.3 Å².